The molecular formula is C8H6Cl2O. The van der Waals surface area contributed by atoms with Crippen molar-refractivity contribution in [2.75, 3.05) is 0 Å². The Hall–Kier alpha value is -0.530. The van der Waals surface area contributed by atoms with Crippen LogP contribution in [0.25, 0.3) is 0 Å². The molecule has 0 spiro atoms. The molecule has 0 heterocycles. The van der Waals surface area contributed by atoms with Crippen molar-refractivity contribution in [1.29, 1.82) is 0 Å². The molecule has 0 fully saturated rings. The molecule has 0 aliphatic carbocycles. The van der Waals surface area contributed by atoms with E-state index in [1.165, 1.54) is 0 Å². The van der Waals surface area contributed by atoms with Gasteiger partial charge in [0, 0.05) is 0 Å². The smallest absolute Gasteiger partial charge is 0.253 e. The highest BCUT2D eigenvalue weighted by molar-refractivity contribution is 6.68. The standard InChI is InChI=1S/C8H6Cl2O/c1-5-2-3-7(9)6(4-5)8(10)11/h2-4H,1H3. The SMILES string of the molecule is Cc1ccc(Cl)c(C(=O)Cl)c1. The number of hydrogen-bond donors (Lipinski definition) is 0. The van der Waals surface area contributed by atoms with Crippen molar-refractivity contribution in [3.8, 4) is 0 Å². The van der Waals surface area contributed by atoms with Gasteiger partial charge in [0.1, 0.15) is 0 Å². The van der Waals surface area contributed by atoms with E-state index in [2.05, 4.69) is 0 Å². The lowest BCUT2D eigenvalue weighted by atomic mass is 10.1. The monoisotopic (exact) mass is 188 g/mol. The van der Waals surface area contributed by atoms with E-state index < -0.39 is 5.24 Å². The average molecular weight is 189 g/mol. The minimum Gasteiger partial charge on any atom is -0.276 e. The van der Waals surface area contributed by atoms with E-state index in [4.69, 9.17) is 23.2 Å². The highest BCUT2D eigenvalue weighted by Crippen LogP contribution is 2.18. The molecule has 0 saturated carbocycles. The number of rotatable bonds is 1. The average Bonchev–Trinajstić information content (AvgIpc) is 1.94. The Morgan fingerprint density at radius 1 is 1.45 bits per heavy atom. The van der Waals surface area contributed by atoms with E-state index >= 15 is 0 Å². The van der Waals surface area contributed by atoms with Gasteiger partial charge in [-0.2, -0.15) is 0 Å². The first-order valence-electron chi connectivity index (χ1n) is 3.07. The molecule has 0 atom stereocenters. The first-order chi connectivity index (χ1) is 5.11. The number of carbonyl (C=O) groups excluding carboxylic acids is 1. The predicted octanol–water partition coefficient (Wildman–Crippen LogP) is 3.03. The van der Waals surface area contributed by atoms with Crippen LogP contribution in [0, 0.1) is 6.92 Å². The van der Waals surface area contributed by atoms with Crippen molar-refractivity contribution in [2.24, 2.45) is 0 Å². The molecule has 0 bridgehead atoms. The topological polar surface area (TPSA) is 17.1 Å². The van der Waals surface area contributed by atoms with Crippen molar-refractivity contribution in [2.45, 2.75) is 6.92 Å². The molecule has 11 heavy (non-hydrogen) atoms. The van der Waals surface area contributed by atoms with Crippen molar-refractivity contribution in [3.05, 3.63) is 34.3 Å². The molecule has 0 amide bonds. The lowest BCUT2D eigenvalue weighted by Gasteiger charge is -1.98. The number of hydrogen-bond acceptors (Lipinski definition) is 1. The van der Waals surface area contributed by atoms with Crippen LogP contribution in [0.1, 0.15) is 15.9 Å². The van der Waals surface area contributed by atoms with Gasteiger partial charge in [-0.05, 0) is 30.7 Å². The van der Waals surface area contributed by atoms with Crippen LogP contribution in [0.15, 0.2) is 18.2 Å². The molecule has 0 saturated heterocycles. The number of halogens is 2. The van der Waals surface area contributed by atoms with E-state index in [0.717, 1.165) is 5.56 Å². The van der Waals surface area contributed by atoms with Gasteiger partial charge in [0.05, 0.1) is 10.6 Å². The van der Waals surface area contributed by atoms with Crippen LogP contribution in [0.2, 0.25) is 5.02 Å². The van der Waals surface area contributed by atoms with E-state index in [0.29, 0.717) is 10.6 Å². The Kier molecular flexibility index (Phi) is 2.53. The van der Waals surface area contributed by atoms with Gasteiger partial charge < -0.3 is 0 Å². The summed E-state index contributed by atoms with van der Waals surface area (Å²) < 4.78 is 0. The van der Waals surface area contributed by atoms with Gasteiger partial charge in [-0.15, -0.1) is 0 Å². The number of benzene rings is 1. The summed E-state index contributed by atoms with van der Waals surface area (Å²) >= 11 is 10.9. The van der Waals surface area contributed by atoms with Crippen LogP contribution >= 0.6 is 23.2 Å². The molecular weight excluding hydrogens is 183 g/mol. The lowest BCUT2D eigenvalue weighted by molar-refractivity contribution is 0.108. The van der Waals surface area contributed by atoms with Crippen LogP contribution in [0.4, 0.5) is 0 Å². The van der Waals surface area contributed by atoms with Crippen molar-refractivity contribution < 1.29 is 4.79 Å². The Bertz CT molecular complexity index is 294. The lowest BCUT2D eigenvalue weighted by Crippen LogP contribution is -1.90. The second-order valence-corrected chi connectivity index (χ2v) is 3.01. The van der Waals surface area contributed by atoms with E-state index in [1.54, 1.807) is 12.1 Å². The second-order valence-electron chi connectivity index (χ2n) is 2.26. The summed E-state index contributed by atoms with van der Waals surface area (Å²) in [6.07, 6.45) is 0. The summed E-state index contributed by atoms with van der Waals surface area (Å²) in [6.45, 7) is 1.87. The quantitative estimate of drug-likeness (QED) is 0.620. The Morgan fingerprint density at radius 2 is 2.09 bits per heavy atom. The maximum Gasteiger partial charge on any atom is 0.253 e. The van der Waals surface area contributed by atoms with Gasteiger partial charge in [-0.3, -0.25) is 4.79 Å². The second kappa shape index (κ2) is 3.24. The molecule has 3 heteroatoms. The molecule has 0 aliphatic heterocycles. The molecule has 0 N–H and O–H groups in total. The first kappa shape index (κ1) is 8.57. The minimum atomic E-state index is -0.515. The molecule has 1 nitrogen and oxygen atoms in total. The molecule has 0 unspecified atom stereocenters. The maximum atomic E-state index is 10.7. The summed E-state index contributed by atoms with van der Waals surface area (Å²) in [5, 5.41) is -0.116. The minimum absolute atomic E-state index is 0.369. The fourth-order valence-electron chi connectivity index (χ4n) is 0.790. The maximum absolute atomic E-state index is 10.7. The highest BCUT2D eigenvalue weighted by atomic mass is 35.5. The zero-order chi connectivity index (χ0) is 8.43. The zero-order valence-corrected chi connectivity index (χ0v) is 7.41. The Morgan fingerprint density at radius 3 is 2.55 bits per heavy atom. The molecule has 0 aliphatic rings. The summed E-state index contributed by atoms with van der Waals surface area (Å²) in [6, 6.07) is 5.15. The van der Waals surface area contributed by atoms with Gasteiger partial charge in [0.25, 0.3) is 5.24 Å². The van der Waals surface area contributed by atoms with Crippen molar-refractivity contribution in [1.82, 2.24) is 0 Å². The zero-order valence-electron chi connectivity index (χ0n) is 5.90. The summed E-state index contributed by atoms with van der Waals surface area (Å²) in [5.41, 5.74) is 1.34. The van der Waals surface area contributed by atoms with Crippen LogP contribution < -0.4 is 0 Å². The van der Waals surface area contributed by atoms with Crippen LogP contribution in [-0.4, -0.2) is 5.24 Å². The van der Waals surface area contributed by atoms with Crippen LogP contribution in [-0.2, 0) is 0 Å². The third-order valence-electron chi connectivity index (χ3n) is 1.33. The fraction of sp³-hybridized carbons (Fsp3) is 0.125. The van der Waals surface area contributed by atoms with Crippen LogP contribution in [0.5, 0.6) is 0 Å². The predicted molar refractivity (Wildman–Crippen MR) is 46.4 cm³/mol. The third-order valence-corrected chi connectivity index (χ3v) is 1.87. The van der Waals surface area contributed by atoms with Gasteiger partial charge in [-0.25, -0.2) is 0 Å². The molecule has 0 radical (unpaired) electrons. The van der Waals surface area contributed by atoms with Gasteiger partial charge in [0.2, 0.25) is 0 Å². The highest BCUT2D eigenvalue weighted by Gasteiger charge is 2.06. The summed E-state index contributed by atoms with van der Waals surface area (Å²) in [5.74, 6) is 0. The Balaban J connectivity index is 3.23. The van der Waals surface area contributed by atoms with Gasteiger partial charge in [-0.1, -0.05) is 23.2 Å². The third kappa shape index (κ3) is 1.95. The summed E-state index contributed by atoms with van der Waals surface area (Å²) in [4.78, 5) is 10.7. The Labute approximate surface area is 74.9 Å². The van der Waals surface area contributed by atoms with Gasteiger partial charge >= 0.3 is 0 Å². The normalized spacial score (nSPS) is 9.73. The molecule has 1 aromatic rings. The largest absolute Gasteiger partial charge is 0.276 e. The summed E-state index contributed by atoms with van der Waals surface area (Å²) in [7, 11) is 0. The van der Waals surface area contributed by atoms with E-state index in [1.807, 2.05) is 13.0 Å². The van der Waals surface area contributed by atoms with E-state index in [-0.39, 0.29) is 0 Å². The fourth-order valence-corrected chi connectivity index (χ4v) is 1.20. The number of carbonyl (C=O) groups is 1. The molecule has 1 rings (SSSR count). The first-order valence-corrected chi connectivity index (χ1v) is 3.83. The van der Waals surface area contributed by atoms with Crippen LogP contribution in [0.3, 0.4) is 0 Å². The van der Waals surface area contributed by atoms with Gasteiger partial charge in [0.15, 0.2) is 0 Å². The van der Waals surface area contributed by atoms with Crippen molar-refractivity contribution >= 4 is 28.4 Å². The molecule has 58 valence electrons. The molecule has 1 aromatic carbocycles. The molecule has 0 aromatic heterocycles. The van der Waals surface area contributed by atoms with E-state index in [9.17, 15) is 4.79 Å². The number of aryl methyl sites for hydroxylation is 1. The van der Waals surface area contributed by atoms with Crippen molar-refractivity contribution in [3.63, 3.8) is 0 Å².